The summed E-state index contributed by atoms with van der Waals surface area (Å²) >= 11 is 4.89. The first-order valence-electron chi connectivity index (χ1n) is 5.40. The third kappa shape index (κ3) is 2.85. The van der Waals surface area contributed by atoms with Gasteiger partial charge in [0.25, 0.3) is 0 Å². The van der Waals surface area contributed by atoms with Gasteiger partial charge in [-0.05, 0) is 52.4 Å². The minimum absolute atomic E-state index is 0.181. The van der Waals surface area contributed by atoms with E-state index in [9.17, 15) is 4.79 Å². The average Bonchev–Trinajstić information content (AvgIpc) is 2.70. The Morgan fingerprint density at radius 3 is 2.71 bits per heavy atom. The van der Waals surface area contributed by atoms with Crippen molar-refractivity contribution < 1.29 is 4.79 Å². The SMILES string of the molecule is Cc1ccc(C)c(CC(=O)c2sccc2Br)c1. The Kier molecular flexibility index (Phi) is 3.79. The predicted molar refractivity (Wildman–Crippen MR) is 76.0 cm³/mol. The lowest BCUT2D eigenvalue weighted by atomic mass is 10.0. The fourth-order valence-electron chi connectivity index (χ4n) is 1.74. The van der Waals surface area contributed by atoms with Crippen LogP contribution in [0.5, 0.6) is 0 Å². The molecule has 0 radical (unpaired) electrons. The second-order valence-corrected chi connectivity index (χ2v) is 5.90. The van der Waals surface area contributed by atoms with Crippen LogP contribution >= 0.6 is 27.3 Å². The Labute approximate surface area is 114 Å². The topological polar surface area (TPSA) is 17.1 Å². The van der Waals surface area contributed by atoms with Crippen molar-refractivity contribution in [1.29, 1.82) is 0 Å². The normalized spacial score (nSPS) is 10.5. The molecule has 0 atom stereocenters. The van der Waals surface area contributed by atoms with Crippen molar-refractivity contribution in [2.24, 2.45) is 0 Å². The molecule has 17 heavy (non-hydrogen) atoms. The van der Waals surface area contributed by atoms with Crippen molar-refractivity contribution >= 4 is 33.0 Å². The summed E-state index contributed by atoms with van der Waals surface area (Å²) in [6, 6.07) is 8.15. The smallest absolute Gasteiger partial charge is 0.178 e. The van der Waals surface area contributed by atoms with Gasteiger partial charge in [0.15, 0.2) is 5.78 Å². The molecule has 2 aromatic rings. The fraction of sp³-hybridized carbons (Fsp3) is 0.214. The molecule has 2 rings (SSSR count). The molecule has 0 unspecified atom stereocenters. The molecule has 88 valence electrons. The number of rotatable bonds is 3. The van der Waals surface area contributed by atoms with Crippen molar-refractivity contribution in [2.45, 2.75) is 20.3 Å². The zero-order chi connectivity index (χ0) is 12.4. The molecule has 1 aromatic heterocycles. The minimum atomic E-state index is 0.181. The zero-order valence-corrected chi connectivity index (χ0v) is 12.2. The van der Waals surface area contributed by atoms with Gasteiger partial charge in [-0.25, -0.2) is 0 Å². The summed E-state index contributed by atoms with van der Waals surface area (Å²) in [4.78, 5) is 13.0. The van der Waals surface area contributed by atoms with Gasteiger partial charge in [0.1, 0.15) is 0 Å². The first-order chi connectivity index (χ1) is 8.08. The summed E-state index contributed by atoms with van der Waals surface area (Å²) in [7, 11) is 0. The van der Waals surface area contributed by atoms with Gasteiger partial charge in [-0.2, -0.15) is 0 Å². The van der Waals surface area contributed by atoms with Crippen molar-refractivity contribution in [1.82, 2.24) is 0 Å². The molecular weight excluding hydrogens is 296 g/mol. The van der Waals surface area contributed by atoms with Gasteiger partial charge in [-0.1, -0.05) is 23.8 Å². The zero-order valence-electron chi connectivity index (χ0n) is 9.79. The van der Waals surface area contributed by atoms with Crippen LogP contribution in [0.3, 0.4) is 0 Å². The second-order valence-electron chi connectivity index (χ2n) is 4.13. The van der Waals surface area contributed by atoms with Gasteiger partial charge in [0.05, 0.1) is 4.88 Å². The highest BCUT2D eigenvalue weighted by molar-refractivity contribution is 9.10. The summed E-state index contributed by atoms with van der Waals surface area (Å²) in [6.45, 7) is 4.10. The summed E-state index contributed by atoms with van der Waals surface area (Å²) in [6.07, 6.45) is 0.479. The van der Waals surface area contributed by atoms with Gasteiger partial charge < -0.3 is 0 Å². The number of ketones is 1. The van der Waals surface area contributed by atoms with E-state index in [1.165, 1.54) is 22.5 Å². The lowest BCUT2D eigenvalue weighted by Gasteiger charge is -2.06. The highest BCUT2D eigenvalue weighted by atomic mass is 79.9. The molecular formula is C14H13BrOS. The van der Waals surface area contributed by atoms with E-state index in [-0.39, 0.29) is 5.78 Å². The van der Waals surface area contributed by atoms with Gasteiger partial charge in [-0.3, -0.25) is 4.79 Å². The van der Waals surface area contributed by atoms with Gasteiger partial charge in [0.2, 0.25) is 0 Å². The van der Waals surface area contributed by atoms with Crippen LogP contribution in [-0.2, 0) is 6.42 Å². The quantitative estimate of drug-likeness (QED) is 0.760. The van der Waals surface area contributed by atoms with Crippen LogP contribution in [0.15, 0.2) is 34.1 Å². The van der Waals surface area contributed by atoms with Crippen LogP contribution < -0.4 is 0 Å². The highest BCUT2D eigenvalue weighted by Gasteiger charge is 2.13. The largest absolute Gasteiger partial charge is 0.293 e. The molecule has 0 spiro atoms. The number of aryl methyl sites for hydroxylation is 2. The lowest BCUT2D eigenvalue weighted by molar-refractivity contribution is 0.0996. The van der Waals surface area contributed by atoms with E-state index >= 15 is 0 Å². The van der Waals surface area contributed by atoms with Crippen LogP contribution in [0.4, 0.5) is 0 Å². The van der Waals surface area contributed by atoms with E-state index in [0.717, 1.165) is 14.9 Å². The van der Waals surface area contributed by atoms with E-state index in [2.05, 4.69) is 41.1 Å². The molecule has 0 amide bonds. The van der Waals surface area contributed by atoms with E-state index in [0.29, 0.717) is 6.42 Å². The molecule has 1 aromatic carbocycles. The number of benzene rings is 1. The van der Waals surface area contributed by atoms with E-state index in [1.807, 2.05) is 18.4 Å². The number of carbonyl (C=O) groups is 1. The predicted octanol–water partition coefficient (Wildman–Crippen LogP) is 4.55. The third-order valence-electron chi connectivity index (χ3n) is 2.73. The third-order valence-corrected chi connectivity index (χ3v) is 4.60. The first kappa shape index (κ1) is 12.5. The lowest BCUT2D eigenvalue weighted by Crippen LogP contribution is -2.03. The van der Waals surface area contributed by atoms with Gasteiger partial charge in [-0.15, -0.1) is 11.3 Å². The highest BCUT2D eigenvalue weighted by Crippen LogP contribution is 2.25. The summed E-state index contributed by atoms with van der Waals surface area (Å²) in [5.74, 6) is 0.181. The summed E-state index contributed by atoms with van der Waals surface area (Å²) < 4.78 is 0.901. The minimum Gasteiger partial charge on any atom is -0.293 e. The van der Waals surface area contributed by atoms with Crippen molar-refractivity contribution in [2.75, 3.05) is 0 Å². The van der Waals surface area contributed by atoms with Crippen molar-refractivity contribution in [3.63, 3.8) is 0 Å². The fourth-order valence-corrected chi connectivity index (χ4v) is 3.27. The molecule has 0 fully saturated rings. The van der Waals surface area contributed by atoms with Crippen LogP contribution in [-0.4, -0.2) is 5.78 Å². The number of halogens is 1. The van der Waals surface area contributed by atoms with E-state index < -0.39 is 0 Å². The van der Waals surface area contributed by atoms with Gasteiger partial charge >= 0.3 is 0 Å². The van der Waals surface area contributed by atoms with Crippen molar-refractivity contribution in [3.8, 4) is 0 Å². The van der Waals surface area contributed by atoms with E-state index in [1.54, 1.807) is 0 Å². The molecule has 0 aliphatic carbocycles. The molecule has 0 saturated carbocycles. The maximum atomic E-state index is 12.1. The Bertz CT molecular complexity index is 557. The number of thiophene rings is 1. The molecule has 0 N–H and O–H groups in total. The molecule has 0 aliphatic heterocycles. The summed E-state index contributed by atoms with van der Waals surface area (Å²) in [5.41, 5.74) is 3.50. The number of carbonyl (C=O) groups excluding carboxylic acids is 1. The van der Waals surface area contributed by atoms with E-state index in [4.69, 9.17) is 0 Å². The van der Waals surface area contributed by atoms with Crippen LogP contribution in [0.1, 0.15) is 26.4 Å². The maximum Gasteiger partial charge on any atom is 0.178 e. The Morgan fingerprint density at radius 1 is 1.29 bits per heavy atom. The standard InChI is InChI=1S/C14H13BrOS/c1-9-3-4-10(2)11(7-9)8-13(16)14-12(15)5-6-17-14/h3-7H,8H2,1-2H3. The molecule has 0 bridgehead atoms. The molecule has 3 heteroatoms. The Morgan fingerprint density at radius 2 is 2.06 bits per heavy atom. The number of hydrogen-bond donors (Lipinski definition) is 0. The monoisotopic (exact) mass is 308 g/mol. The van der Waals surface area contributed by atoms with Crippen LogP contribution in [0.25, 0.3) is 0 Å². The molecule has 1 nitrogen and oxygen atoms in total. The molecule has 1 heterocycles. The first-order valence-corrected chi connectivity index (χ1v) is 7.07. The number of Topliss-reactive ketones (excluding diaryl/α,β-unsaturated/α-hetero) is 1. The molecule has 0 saturated heterocycles. The summed E-state index contributed by atoms with van der Waals surface area (Å²) in [5, 5.41) is 1.93. The second kappa shape index (κ2) is 5.15. The van der Waals surface area contributed by atoms with Crippen molar-refractivity contribution in [3.05, 3.63) is 55.7 Å². The number of hydrogen-bond acceptors (Lipinski definition) is 2. The molecule has 0 aliphatic rings. The maximum absolute atomic E-state index is 12.1. The Balaban J connectivity index is 2.24. The van der Waals surface area contributed by atoms with Gasteiger partial charge in [0, 0.05) is 10.9 Å². The van der Waals surface area contributed by atoms with Crippen LogP contribution in [0, 0.1) is 13.8 Å². The van der Waals surface area contributed by atoms with Crippen LogP contribution in [0.2, 0.25) is 0 Å². The average molecular weight is 309 g/mol. The Hall–Kier alpha value is -0.930.